The third-order valence-electron chi connectivity index (χ3n) is 19.1. The number of fused-ring (bicyclic) bond motifs is 8. The normalized spacial score (nSPS) is 13.1. The second kappa shape index (κ2) is 17.7. The summed E-state index contributed by atoms with van der Waals surface area (Å²) >= 11 is 0. The molecular formula is C80H54B2N2. The highest BCUT2D eigenvalue weighted by Crippen LogP contribution is 2.54. The third-order valence-corrected chi connectivity index (χ3v) is 19.1. The fraction of sp³-hybridized carbons (Fsp3) is 0.0500. The van der Waals surface area contributed by atoms with E-state index >= 15 is 0 Å². The summed E-state index contributed by atoms with van der Waals surface area (Å²) in [6.45, 7) is 9.01. The molecule has 0 bridgehead atoms. The van der Waals surface area contributed by atoms with Crippen molar-refractivity contribution in [1.29, 1.82) is 0 Å². The molecule has 0 fully saturated rings. The summed E-state index contributed by atoms with van der Waals surface area (Å²) in [5.74, 6) is 0. The van der Waals surface area contributed by atoms with Gasteiger partial charge in [-0.3, -0.25) is 0 Å². The second-order valence-electron chi connectivity index (χ2n) is 24.1. The molecule has 0 saturated carbocycles. The fourth-order valence-electron chi connectivity index (χ4n) is 15.9. The highest BCUT2D eigenvalue weighted by atomic mass is 15.2. The lowest BCUT2D eigenvalue weighted by molar-refractivity contribution is 1.27. The van der Waals surface area contributed by atoms with Crippen LogP contribution in [0, 0.1) is 27.7 Å². The minimum absolute atomic E-state index is 0.0413. The van der Waals surface area contributed by atoms with Crippen LogP contribution in [-0.2, 0) is 0 Å². The second-order valence-corrected chi connectivity index (χ2v) is 24.1. The molecule has 0 aromatic heterocycles. The molecule has 0 unspecified atom stereocenters. The van der Waals surface area contributed by atoms with Crippen LogP contribution in [0.5, 0.6) is 0 Å². The van der Waals surface area contributed by atoms with Gasteiger partial charge in [0.25, 0.3) is 0 Å². The zero-order chi connectivity index (χ0) is 55.6. The molecule has 14 aromatic carbocycles. The Morgan fingerprint density at radius 2 is 0.595 bits per heavy atom. The number of hydrogen-bond acceptors (Lipinski definition) is 2. The maximum absolute atomic E-state index is 2.69. The first-order valence-corrected chi connectivity index (χ1v) is 29.7. The van der Waals surface area contributed by atoms with Crippen molar-refractivity contribution in [2.75, 3.05) is 9.80 Å². The van der Waals surface area contributed by atoms with E-state index in [2.05, 4.69) is 292 Å². The van der Waals surface area contributed by atoms with Crippen molar-refractivity contribution in [1.82, 2.24) is 0 Å². The van der Waals surface area contributed by atoms with Crippen molar-refractivity contribution in [2.24, 2.45) is 0 Å². The molecule has 0 N–H and O–H groups in total. The van der Waals surface area contributed by atoms with Gasteiger partial charge in [0.05, 0.1) is 0 Å². The van der Waals surface area contributed by atoms with Gasteiger partial charge in [0.2, 0.25) is 13.4 Å². The maximum atomic E-state index is 2.69. The number of nitrogens with zero attached hydrogens (tertiary/aromatic N) is 2. The number of hydrogen-bond donors (Lipinski definition) is 0. The number of rotatable bonds is 6. The molecule has 4 heteroatoms. The Kier molecular flexibility index (Phi) is 9.99. The first-order valence-electron chi connectivity index (χ1n) is 29.7. The lowest BCUT2D eigenvalue weighted by Gasteiger charge is -2.42. The van der Waals surface area contributed by atoms with Crippen LogP contribution in [0.15, 0.2) is 255 Å². The van der Waals surface area contributed by atoms with Crippen LogP contribution in [-0.4, -0.2) is 13.4 Å². The molecule has 0 aliphatic carbocycles. The van der Waals surface area contributed by atoms with Gasteiger partial charge in [-0.05, 0) is 232 Å². The van der Waals surface area contributed by atoms with Crippen molar-refractivity contribution < 1.29 is 0 Å². The van der Waals surface area contributed by atoms with Crippen LogP contribution >= 0.6 is 0 Å². The van der Waals surface area contributed by atoms with Gasteiger partial charge in [-0.2, -0.15) is 0 Å². The van der Waals surface area contributed by atoms with Crippen LogP contribution < -0.4 is 42.6 Å². The Hall–Kier alpha value is -10.2. The van der Waals surface area contributed by atoms with E-state index in [9.17, 15) is 0 Å². The Balaban J connectivity index is 1.07. The van der Waals surface area contributed by atoms with Gasteiger partial charge < -0.3 is 9.80 Å². The summed E-state index contributed by atoms with van der Waals surface area (Å²) in [5.41, 5.74) is 35.6. The fourth-order valence-corrected chi connectivity index (χ4v) is 15.9. The zero-order valence-corrected chi connectivity index (χ0v) is 47.3. The summed E-state index contributed by atoms with van der Waals surface area (Å²) in [5, 5.41) is 8.03. The largest absolute Gasteiger partial charge is 0.311 e. The lowest BCUT2D eigenvalue weighted by Crippen LogP contribution is -2.60. The molecular weight excluding hydrogens is 1010 g/mol. The van der Waals surface area contributed by atoms with Gasteiger partial charge in [-0.15, -0.1) is 0 Å². The predicted octanol–water partition coefficient (Wildman–Crippen LogP) is 17.0. The topological polar surface area (TPSA) is 6.48 Å². The number of benzene rings is 14. The molecule has 390 valence electrons. The van der Waals surface area contributed by atoms with Crippen LogP contribution in [0.2, 0.25) is 0 Å². The molecule has 84 heavy (non-hydrogen) atoms. The summed E-state index contributed by atoms with van der Waals surface area (Å²) in [6.07, 6.45) is 0. The Morgan fingerprint density at radius 1 is 0.238 bits per heavy atom. The van der Waals surface area contributed by atoms with Gasteiger partial charge >= 0.3 is 0 Å². The molecule has 0 saturated heterocycles. The first-order chi connectivity index (χ1) is 41.3. The summed E-state index contributed by atoms with van der Waals surface area (Å²) < 4.78 is 0. The van der Waals surface area contributed by atoms with Crippen molar-refractivity contribution in [3.63, 3.8) is 0 Å². The monoisotopic (exact) mass is 1060 g/mol. The smallest absolute Gasteiger partial charge is 0.248 e. The van der Waals surface area contributed by atoms with Crippen molar-refractivity contribution in [2.45, 2.75) is 27.7 Å². The minimum atomic E-state index is -0.0413. The number of aryl methyl sites for hydroxylation is 4. The minimum Gasteiger partial charge on any atom is -0.311 e. The van der Waals surface area contributed by atoms with E-state index in [1.807, 2.05) is 0 Å². The SMILES string of the molecule is Cc1ccc2c(c1)N(c1ccccc1)c1cc(C)cc3c1B2c1cc2c(-c4ccccc4-c4ccccc4)cc4c5c(cc6c(-c7ccccc7-c7ccccc7)cc-3c1c6c25)B1c2ccc(C)cc2N(c2ccccc2)c2cc(C)cc-4c21. The van der Waals surface area contributed by atoms with Crippen LogP contribution in [0.25, 0.3) is 99.1 Å². The molecule has 0 spiro atoms. The average molecular weight is 1060 g/mol. The van der Waals surface area contributed by atoms with E-state index in [1.54, 1.807) is 0 Å². The zero-order valence-electron chi connectivity index (χ0n) is 47.3. The van der Waals surface area contributed by atoms with E-state index in [0.717, 1.165) is 0 Å². The van der Waals surface area contributed by atoms with Gasteiger partial charge in [0.1, 0.15) is 0 Å². The Bertz CT molecular complexity index is 4800. The highest BCUT2D eigenvalue weighted by Gasteiger charge is 2.46. The van der Waals surface area contributed by atoms with Crippen molar-refractivity contribution in [3.8, 4) is 66.8 Å². The predicted molar refractivity (Wildman–Crippen MR) is 360 cm³/mol. The van der Waals surface area contributed by atoms with E-state index in [0.29, 0.717) is 0 Å². The molecule has 0 radical (unpaired) electrons. The van der Waals surface area contributed by atoms with Crippen molar-refractivity contribution >= 4 is 113 Å². The number of anilines is 6. The molecule has 18 rings (SSSR count). The van der Waals surface area contributed by atoms with Gasteiger partial charge in [0, 0.05) is 34.1 Å². The summed E-state index contributed by atoms with van der Waals surface area (Å²) in [6, 6.07) is 97.6. The van der Waals surface area contributed by atoms with Gasteiger partial charge in [-0.25, -0.2) is 0 Å². The van der Waals surface area contributed by atoms with E-state index in [-0.39, 0.29) is 13.4 Å². The lowest BCUT2D eigenvalue weighted by atomic mass is 9.31. The molecule has 4 aliphatic heterocycles. The van der Waals surface area contributed by atoms with E-state index in [4.69, 9.17) is 0 Å². The standard InChI is InChI=1S/C80H54B2N2/c1-47-33-35-67-71(39-47)83(53-25-13-7-14-26-53)73-41-49(3)37-65-61-43-60(58-32-20-18-30-56(58)52-23-11-6-12-24-52)64-46-70-76-62(66-38-50(4)42-74-80(66)82(70)68-36-34-48(2)40-72(68)84(74)54-27-15-8-16-28-54)44-59(57-31-19-17-29-55(57)51-21-9-5-10-22-51)63-45-69(81(67)79(65)73)75(61)77(64)78(63)76/h5-46H,1-4H3. The summed E-state index contributed by atoms with van der Waals surface area (Å²) in [4.78, 5) is 5.11. The van der Waals surface area contributed by atoms with Crippen LogP contribution in [0.1, 0.15) is 22.3 Å². The quantitative estimate of drug-likeness (QED) is 0.121. The van der Waals surface area contributed by atoms with Gasteiger partial charge in [-0.1, -0.05) is 205 Å². The Morgan fingerprint density at radius 3 is 1.00 bits per heavy atom. The first kappa shape index (κ1) is 47.5. The molecule has 0 atom stereocenters. The Labute approximate surface area is 491 Å². The molecule has 0 amide bonds. The highest BCUT2D eigenvalue weighted by molar-refractivity contribution is 7.02. The molecule has 4 aliphatic rings. The molecule has 4 heterocycles. The van der Waals surface area contributed by atoms with Crippen molar-refractivity contribution in [3.05, 3.63) is 277 Å². The maximum Gasteiger partial charge on any atom is 0.248 e. The average Bonchev–Trinajstić information content (AvgIpc) is 1.32. The van der Waals surface area contributed by atoms with E-state index < -0.39 is 0 Å². The van der Waals surface area contributed by atoms with Crippen LogP contribution in [0.4, 0.5) is 34.1 Å². The molecule has 14 aromatic rings. The van der Waals surface area contributed by atoms with Crippen LogP contribution in [0.3, 0.4) is 0 Å². The third kappa shape index (κ3) is 6.60. The summed E-state index contributed by atoms with van der Waals surface area (Å²) in [7, 11) is 0. The van der Waals surface area contributed by atoms with E-state index in [1.165, 1.54) is 188 Å². The molecule has 2 nitrogen and oxygen atoms in total. The van der Waals surface area contributed by atoms with Gasteiger partial charge in [0.15, 0.2) is 0 Å². The number of para-hydroxylation sites is 2.